The van der Waals surface area contributed by atoms with Crippen molar-refractivity contribution >= 4 is 12.1 Å². The van der Waals surface area contributed by atoms with Gasteiger partial charge in [-0.3, -0.25) is 4.79 Å². The van der Waals surface area contributed by atoms with E-state index in [-0.39, 0.29) is 5.91 Å². The van der Waals surface area contributed by atoms with Crippen LogP contribution in [0.4, 0.5) is 0 Å². The van der Waals surface area contributed by atoms with E-state index >= 15 is 0 Å². The van der Waals surface area contributed by atoms with E-state index in [9.17, 15) is 4.79 Å². The van der Waals surface area contributed by atoms with Gasteiger partial charge in [0.2, 0.25) is 0 Å². The molecule has 0 fully saturated rings. The number of hydrogen-bond acceptors (Lipinski definition) is 4. The van der Waals surface area contributed by atoms with Crippen molar-refractivity contribution in [1.82, 2.24) is 5.43 Å². The molecular weight excluding hydrogens is 412 g/mol. The quantitative estimate of drug-likeness (QED) is 0.284. The summed E-state index contributed by atoms with van der Waals surface area (Å²) in [6.07, 6.45) is 1.59. The monoisotopic (exact) mass is 436 g/mol. The molecule has 0 bridgehead atoms. The van der Waals surface area contributed by atoms with Crippen molar-refractivity contribution in [3.05, 3.63) is 120 Å². The zero-order chi connectivity index (χ0) is 22.9. The highest BCUT2D eigenvalue weighted by Gasteiger charge is 2.07. The van der Waals surface area contributed by atoms with E-state index in [0.717, 1.165) is 33.8 Å². The molecule has 4 rings (SSSR count). The lowest BCUT2D eigenvalue weighted by Gasteiger charge is -2.12. The zero-order valence-corrected chi connectivity index (χ0v) is 18.3. The fourth-order valence-corrected chi connectivity index (χ4v) is 3.28. The van der Waals surface area contributed by atoms with Gasteiger partial charge in [0.1, 0.15) is 18.1 Å². The number of amides is 1. The van der Waals surface area contributed by atoms with Gasteiger partial charge in [0.05, 0.1) is 13.3 Å². The molecule has 0 heterocycles. The number of methoxy groups -OCH3 is 1. The van der Waals surface area contributed by atoms with Crippen LogP contribution in [0.1, 0.15) is 21.5 Å². The molecule has 0 aliphatic rings. The molecule has 0 saturated carbocycles. The molecule has 0 spiro atoms. The van der Waals surface area contributed by atoms with Gasteiger partial charge < -0.3 is 9.47 Å². The molecule has 164 valence electrons. The van der Waals surface area contributed by atoms with Crippen molar-refractivity contribution in [3.63, 3.8) is 0 Å². The third kappa shape index (κ3) is 5.86. The highest BCUT2D eigenvalue weighted by molar-refractivity contribution is 5.94. The summed E-state index contributed by atoms with van der Waals surface area (Å²) in [5, 5.41) is 4.02. The van der Waals surface area contributed by atoms with Gasteiger partial charge in [-0.05, 0) is 59.2 Å². The summed E-state index contributed by atoms with van der Waals surface area (Å²) in [5.74, 6) is 1.31. The lowest BCUT2D eigenvalue weighted by atomic mass is 10.0. The first-order chi connectivity index (χ1) is 16.2. The van der Waals surface area contributed by atoms with Crippen LogP contribution in [0.3, 0.4) is 0 Å². The van der Waals surface area contributed by atoms with Crippen molar-refractivity contribution in [2.24, 2.45) is 5.10 Å². The predicted octanol–water partition coefficient (Wildman–Crippen LogP) is 5.71. The molecule has 0 aliphatic carbocycles. The Kier molecular flexibility index (Phi) is 7.13. The van der Waals surface area contributed by atoms with Crippen LogP contribution >= 0.6 is 0 Å². The summed E-state index contributed by atoms with van der Waals surface area (Å²) in [5.41, 5.74) is 7.05. The smallest absolute Gasteiger partial charge is 0.271 e. The Morgan fingerprint density at radius 2 is 1.55 bits per heavy atom. The molecular formula is C28H24N2O3. The Balaban J connectivity index is 1.34. The molecule has 0 aromatic heterocycles. The van der Waals surface area contributed by atoms with Crippen molar-refractivity contribution in [3.8, 4) is 22.6 Å². The van der Waals surface area contributed by atoms with Gasteiger partial charge in [-0.15, -0.1) is 0 Å². The minimum absolute atomic E-state index is 0.276. The van der Waals surface area contributed by atoms with Gasteiger partial charge in [-0.25, -0.2) is 5.43 Å². The van der Waals surface area contributed by atoms with E-state index in [1.54, 1.807) is 25.5 Å². The first kappa shape index (κ1) is 21.8. The second-order valence-electron chi connectivity index (χ2n) is 7.32. The first-order valence-corrected chi connectivity index (χ1v) is 10.6. The van der Waals surface area contributed by atoms with Gasteiger partial charge in [0, 0.05) is 11.1 Å². The Labute approximate surface area is 193 Å². The zero-order valence-electron chi connectivity index (χ0n) is 18.3. The van der Waals surface area contributed by atoms with Crippen molar-refractivity contribution < 1.29 is 14.3 Å². The van der Waals surface area contributed by atoms with Gasteiger partial charge >= 0.3 is 0 Å². The van der Waals surface area contributed by atoms with Crippen LogP contribution in [0.25, 0.3) is 11.1 Å². The molecule has 5 nitrogen and oxygen atoms in total. The number of nitrogens with one attached hydrogen (secondary N) is 1. The number of para-hydroxylation sites is 1. The molecule has 0 atom stereocenters. The Morgan fingerprint density at radius 1 is 0.848 bits per heavy atom. The average molecular weight is 437 g/mol. The molecule has 1 N–H and O–H groups in total. The van der Waals surface area contributed by atoms with E-state index in [0.29, 0.717) is 12.2 Å². The molecule has 0 unspecified atom stereocenters. The third-order valence-electron chi connectivity index (χ3n) is 5.08. The summed E-state index contributed by atoms with van der Waals surface area (Å²) in [6.45, 7) is 0.404. The maximum Gasteiger partial charge on any atom is 0.271 e. The fourth-order valence-electron chi connectivity index (χ4n) is 3.28. The minimum atomic E-state index is -0.276. The van der Waals surface area contributed by atoms with Gasteiger partial charge in [-0.2, -0.15) is 5.10 Å². The highest BCUT2D eigenvalue weighted by atomic mass is 16.5. The van der Waals surface area contributed by atoms with Crippen LogP contribution in [0.5, 0.6) is 11.5 Å². The Hall–Kier alpha value is -4.38. The molecule has 4 aromatic carbocycles. The highest BCUT2D eigenvalue weighted by Crippen LogP contribution is 2.30. The number of nitrogens with zero attached hydrogens (tertiary/aromatic N) is 1. The van der Waals surface area contributed by atoms with E-state index in [1.807, 2.05) is 78.9 Å². The summed E-state index contributed by atoms with van der Waals surface area (Å²) >= 11 is 0. The van der Waals surface area contributed by atoms with Crippen molar-refractivity contribution in [1.29, 1.82) is 0 Å². The maximum absolute atomic E-state index is 12.4. The first-order valence-electron chi connectivity index (χ1n) is 10.6. The van der Waals surface area contributed by atoms with E-state index in [1.165, 1.54) is 0 Å². The molecule has 0 saturated heterocycles. The number of hydrazone groups is 1. The van der Waals surface area contributed by atoms with Crippen LogP contribution in [-0.2, 0) is 6.61 Å². The number of carbonyl (C=O) groups is 1. The lowest BCUT2D eigenvalue weighted by molar-refractivity contribution is 0.0955. The summed E-state index contributed by atoms with van der Waals surface area (Å²) in [7, 11) is 1.62. The van der Waals surface area contributed by atoms with Crippen LogP contribution in [0, 0.1) is 0 Å². The molecule has 5 heteroatoms. The fraction of sp³-hybridized carbons (Fsp3) is 0.0714. The van der Waals surface area contributed by atoms with Gasteiger partial charge in [0.25, 0.3) is 5.91 Å². The van der Waals surface area contributed by atoms with Crippen LogP contribution in [0.2, 0.25) is 0 Å². The Bertz CT molecular complexity index is 1220. The number of benzene rings is 4. The SMILES string of the molecule is COc1ccc(/C=N/NC(=O)c2ccc(COc3ccccc3-c3ccccc3)cc2)cc1. The molecule has 4 aromatic rings. The summed E-state index contributed by atoms with van der Waals surface area (Å²) < 4.78 is 11.2. The molecule has 1 amide bonds. The van der Waals surface area contributed by atoms with Crippen LogP contribution < -0.4 is 14.9 Å². The van der Waals surface area contributed by atoms with Crippen LogP contribution in [0.15, 0.2) is 108 Å². The average Bonchev–Trinajstić information content (AvgIpc) is 2.89. The predicted molar refractivity (Wildman–Crippen MR) is 131 cm³/mol. The summed E-state index contributed by atoms with van der Waals surface area (Å²) in [6, 6.07) is 32.8. The number of ether oxygens (including phenoxy) is 2. The topological polar surface area (TPSA) is 59.9 Å². The van der Waals surface area contributed by atoms with Crippen LogP contribution in [-0.4, -0.2) is 19.2 Å². The van der Waals surface area contributed by atoms with Gasteiger partial charge in [0.15, 0.2) is 0 Å². The van der Waals surface area contributed by atoms with Gasteiger partial charge in [-0.1, -0.05) is 60.7 Å². The second kappa shape index (κ2) is 10.8. The van der Waals surface area contributed by atoms with Crippen molar-refractivity contribution in [2.45, 2.75) is 6.61 Å². The standard InChI is InChI=1S/C28H24N2O3/c1-32-25-17-13-21(14-18-25)19-29-30-28(31)24-15-11-22(12-16-24)20-33-27-10-6-5-9-26(27)23-7-3-2-4-8-23/h2-19H,20H2,1H3,(H,30,31)/b29-19+. The minimum Gasteiger partial charge on any atom is -0.497 e. The molecule has 0 radical (unpaired) electrons. The van der Waals surface area contributed by atoms with E-state index in [4.69, 9.17) is 9.47 Å². The van der Waals surface area contributed by atoms with E-state index in [2.05, 4.69) is 22.7 Å². The number of carbonyl (C=O) groups excluding carboxylic acids is 1. The molecule has 0 aliphatic heterocycles. The number of rotatable bonds is 8. The number of hydrogen-bond donors (Lipinski definition) is 1. The normalized spacial score (nSPS) is 10.7. The molecule has 33 heavy (non-hydrogen) atoms. The van der Waals surface area contributed by atoms with E-state index < -0.39 is 0 Å². The lowest BCUT2D eigenvalue weighted by Crippen LogP contribution is -2.17. The second-order valence-corrected chi connectivity index (χ2v) is 7.32. The van der Waals surface area contributed by atoms with Crippen molar-refractivity contribution in [2.75, 3.05) is 7.11 Å². The largest absolute Gasteiger partial charge is 0.497 e. The third-order valence-corrected chi connectivity index (χ3v) is 5.08. The Morgan fingerprint density at radius 3 is 2.27 bits per heavy atom. The maximum atomic E-state index is 12.4. The summed E-state index contributed by atoms with van der Waals surface area (Å²) in [4.78, 5) is 12.4.